The molecule has 1 aliphatic rings. The van der Waals surface area contributed by atoms with Crippen molar-refractivity contribution in [3.05, 3.63) is 83.4 Å². The Bertz CT molecular complexity index is 1420. The summed E-state index contributed by atoms with van der Waals surface area (Å²) in [7, 11) is 3.22. The topological polar surface area (TPSA) is 82.6 Å². The summed E-state index contributed by atoms with van der Waals surface area (Å²) >= 11 is 1.37. The number of carbonyl (C=O) groups excluding carboxylic acids is 1. The molecule has 182 valence electrons. The standard InChI is InChI=1S/C28H25N3O4S/c1-17-7-12-24-19(13-17)14-23-27(35-24)30-26(18-8-10-21(33-2)11-9-18)31-28(23)36-16-25(32)29-20-5-4-6-22(15-20)34-3/h4-13,15H,14,16H2,1-3H3,(H,29,32). The molecule has 4 aromatic rings. The number of hydrogen-bond donors (Lipinski definition) is 1. The maximum absolute atomic E-state index is 12.8. The minimum Gasteiger partial charge on any atom is -0.497 e. The van der Waals surface area contributed by atoms with Gasteiger partial charge in [-0.2, -0.15) is 4.98 Å². The van der Waals surface area contributed by atoms with Gasteiger partial charge in [0.2, 0.25) is 11.8 Å². The van der Waals surface area contributed by atoms with Crippen molar-refractivity contribution in [1.29, 1.82) is 0 Å². The van der Waals surface area contributed by atoms with E-state index in [1.807, 2.05) is 54.6 Å². The highest BCUT2D eigenvalue weighted by atomic mass is 32.2. The monoisotopic (exact) mass is 499 g/mol. The molecule has 3 aromatic carbocycles. The molecule has 1 aromatic heterocycles. The van der Waals surface area contributed by atoms with Crippen molar-refractivity contribution in [2.24, 2.45) is 0 Å². The third-order valence-electron chi connectivity index (χ3n) is 5.76. The highest BCUT2D eigenvalue weighted by Gasteiger charge is 2.25. The first-order chi connectivity index (χ1) is 17.5. The van der Waals surface area contributed by atoms with E-state index in [-0.39, 0.29) is 11.7 Å². The summed E-state index contributed by atoms with van der Waals surface area (Å²) in [4.78, 5) is 22.3. The number of aromatic nitrogens is 2. The van der Waals surface area contributed by atoms with Crippen molar-refractivity contribution in [2.75, 3.05) is 25.3 Å². The number of anilines is 1. The fraction of sp³-hybridized carbons (Fsp3) is 0.179. The molecular weight excluding hydrogens is 474 g/mol. The van der Waals surface area contributed by atoms with Crippen molar-refractivity contribution in [3.8, 4) is 34.5 Å². The number of fused-ring (bicyclic) bond motifs is 2. The zero-order valence-electron chi connectivity index (χ0n) is 20.2. The van der Waals surface area contributed by atoms with Gasteiger partial charge in [-0.25, -0.2) is 4.98 Å². The lowest BCUT2D eigenvalue weighted by molar-refractivity contribution is -0.113. The first kappa shape index (κ1) is 23.7. The van der Waals surface area contributed by atoms with E-state index in [1.165, 1.54) is 11.8 Å². The van der Waals surface area contributed by atoms with Crippen LogP contribution in [0.15, 0.2) is 71.8 Å². The van der Waals surface area contributed by atoms with Crippen LogP contribution in [0.4, 0.5) is 5.69 Å². The van der Waals surface area contributed by atoms with E-state index in [0.717, 1.165) is 38.8 Å². The van der Waals surface area contributed by atoms with Crippen LogP contribution in [0.5, 0.6) is 23.1 Å². The minimum absolute atomic E-state index is 0.139. The van der Waals surface area contributed by atoms with Crippen molar-refractivity contribution in [2.45, 2.75) is 18.4 Å². The van der Waals surface area contributed by atoms with Crippen LogP contribution in [-0.4, -0.2) is 35.8 Å². The van der Waals surface area contributed by atoms with Gasteiger partial charge >= 0.3 is 0 Å². The van der Waals surface area contributed by atoms with E-state index in [0.29, 0.717) is 29.6 Å². The van der Waals surface area contributed by atoms with Crippen LogP contribution in [0.25, 0.3) is 11.4 Å². The highest BCUT2D eigenvalue weighted by Crippen LogP contribution is 2.40. The molecule has 1 amide bonds. The van der Waals surface area contributed by atoms with Gasteiger partial charge in [0.25, 0.3) is 0 Å². The molecule has 0 spiro atoms. The highest BCUT2D eigenvalue weighted by molar-refractivity contribution is 8.00. The van der Waals surface area contributed by atoms with Gasteiger partial charge in [-0.1, -0.05) is 35.5 Å². The molecule has 1 aliphatic heterocycles. The molecule has 7 nitrogen and oxygen atoms in total. The molecule has 0 atom stereocenters. The lowest BCUT2D eigenvalue weighted by atomic mass is 10.0. The Hall–Kier alpha value is -4.04. The van der Waals surface area contributed by atoms with E-state index in [9.17, 15) is 4.79 Å². The molecule has 0 bridgehead atoms. The number of thioether (sulfide) groups is 1. The molecule has 2 heterocycles. The molecule has 0 saturated heterocycles. The molecule has 36 heavy (non-hydrogen) atoms. The second-order valence-corrected chi connectivity index (χ2v) is 9.29. The Morgan fingerprint density at radius 1 is 1.00 bits per heavy atom. The van der Waals surface area contributed by atoms with Crippen molar-refractivity contribution < 1.29 is 19.0 Å². The number of amides is 1. The number of nitrogens with zero attached hydrogens (tertiary/aromatic N) is 2. The molecule has 0 saturated carbocycles. The molecular formula is C28H25N3O4S. The predicted octanol–water partition coefficient (Wildman–Crippen LogP) is 5.90. The van der Waals surface area contributed by atoms with E-state index < -0.39 is 0 Å². The SMILES string of the molecule is COc1ccc(-c2nc3c(c(SCC(=O)Nc4cccc(OC)c4)n2)Cc2cc(C)ccc2O3)cc1. The fourth-order valence-corrected chi connectivity index (χ4v) is 4.77. The normalized spacial score (nSPS) is 11.6. The summed E-state index contributed by atoms with van der Waals surface area (Å²) in [6.45, 7) is 2.05. The Kier molecular flexibility index (Phi) is 6.77. The molecule has 0 fully saturated rings. The fourth-order valence-electron chi connectivity index (χ4n) is 3.94. The zero-order valence-corrected chi connectivity index (χ0v) is 21.0. The number of methoxy groups -OCH3 is 2. The summed E-state index contributed by atoms with van der Waals surface area (Å²) in [5, 5.41) is 3.64. The zero-order chi connectivity index (χ0) is 25.1. The summed E-state index contributed by atoms with van der Waals surface area (Å²) in [5.41, 5.74) is 4.62. The van der Waals surface area contributed by atoms with Crippen molar-refractivity contribution in [1.82, 2.24) is 9.97 Å². The van der Waals surface area contributed by atoms with Gasteiger partial charge in [-0.3, -0.25) is 4.79 Å². The van der Waals surface area contributed by atoms with Crippen LogP contribution in [0.3, 0.4) is 0 Å². The van der Waals surface area contributed by atoms with Crippen molar-refractivity contribution in [3.63, 3.8) is 0 Å². The summed E-state index contributed by atoms with van der Waals surface area (Å²) in [6, 6.07) is 20.9. The first-order valence-electron chi connectivity index (χ1n) is 11.4. The molecule has 0 unspecified atom stereocenters. The van der Waals surface area contributed by atoms with E-state index in [4.69, 9.17) is 24.2 Å². The lowest BCUT2D eigenvalue weighted by Gasteiger charge is -2.22. The molecule has 0 aliphatic carbocycles. The van der Waals surface area contributed by atoms with Gasteiger partial charge in [0.05, 0.1) is 25.5 Å². The van der Waals surface area contributed by atoms with Gasteiger partial charge in [0, 0.05) is 23.7 Å². The molecule has 5 rings (SSSR count). The predicted molar refractivity (Wildman–Crippen MR) is 140 cm³/mol. The van der Waals surface area contributed by atoms with Crippen LogP contribution >= 0.6 is 11.8 Å². The number of benzene rings is 3. The molecule has 8 heteroatoms. The van der Waals surface area contributed by atoms with E-state index in [2.05, 4.69) is 18.3 Å². The van der Waals surface area contributed by atoms with Gasteiger partial charge in [-0.15, -0.1) is 0 Å². The second kappa shape index (κ2) is 10.3. The maximum Gasteiger partial charge on any atom is 0.234 e. The Morgan fingerprint density at radius 2 is 1.81 bits per heavy atom. The smallest absolute Gasteiger partial charge is 0.234 e. The van der Waals surface area contributed by atoms with Crippen molar-refractivity contribution >= 4 is 23.4 Å². The third kappa shape index (κ3) is 5.13. The van der Waals surface area contributed by atoms with Crippen LogP contribution in [0.1, 0.15) is 16.7 Å². The van der Waals surface area contributed by atoms with Crippen LogP contribution < -0.4 is 19.5 Å². The number of nitrogens with one attached hydrogen (secondary N) is 1. The Balaban J connectivity index is 1.43. The summed E-state index contributed by atoms with van der Waals surface area (Å²) in [5.74, 6) is 3.31. The molecule has 0 radical (unpaired) electrons. The van der Waals surface area contributed by atoms with Gasteiger partial charge in [0.1, 0.15) is 22.3 Å². The van der Waals surface area contributed by atoms with Gasteiger partial charge in [-0.05, 0) is 55.0 Å². The first-order valence-corrected chi connectivity index (χ1v) is 12.4. The second-order valence-electron chi connectivity index (χ2n) is 8.32. The average Bonchev–Trinajstić information content (AvgIpc) is 2.90. The van der Waals surface area contributed by atoms with Gasteiger partial charge in [0.15, 0.2) is 5.82 Å². The van der Waals surface area contributed by atoms with E-state index >= 15 is 0 Å². The lowest BCUT2D eigenvalue weighted by Crippen LogP contribution is -2.15. The van der Waals surface area contributed by atoms with Crippen LogP contribution in [-0.2, 0) is 11.2 Å². The molecule has 1 N–H and O–H groups in total. The summed E-state index contributed by atoms with van der Waals surface area (Å²) < 4.78 is 16.7. The number of rotatable bonds is 7. The third-order valence-corrected chi connectivity index (χ3v) is 6.78. The number of ether oxygens (including phenoxy) is 3. The average molecular weight is 500 g/mol. The quantitative estimate of drug-likeness (QED) is 0.221. The van der Waals surface area contributed by atoms with Crippen LogP contribution in [0.2, 0.25) is 0 Å². The Morgan fingerprint density at radius 3 is 2.58 bits per heavy atom. The number of aryl methyl sites for hydroxylation is 1. The Labute approximate surface area is 213 Å². The summed E-state index contributed by atoms with van der Waals surface area (Å²) in [6.07, 6.45) is 0.634. The largest absolute Gasteiger partial charge is 0.497 e. The van der Waals surface area contributed by atoms with E-state index in [1.54, 1.807) is 20.3 Å². The number of carbonyl (C=O) groups is 1. The maximum atomic E-state index is 12.8. The number of hydrogen-bond acceptors (Lipinski definition) is 7. The van der Waals surface area contributed by atoms with Gasteiger partial charge < -0.3 is 19.5 Å². The minimum atomic E-state index is -0.139. The van der Waals surface area contributed by atoms with Crippen LogP contribution in [0, 0.1) is 6.92 Å².